The van der Waals surface area contributed by atoms with Gasteiger partial charge in [-0.2, -0.15) is 0 Å². The van der Waals surface area contributed by atoms with Crippen molar-refractivity contribution in [2.24, 2.45) is 0 Å². The number of pyridine rings is 1. The van der Waals surface area contributed by atoms with Crippen LogP contribution in [-0.4, -0.2) is 23.3 Å². The summed E-state index contributed by atoms with van der Waals surface area (Å²) in [5.41, 5.74) is 0.850. The third-order valence-electron chi connectivity index (χ3n) is 2.50. The van der Waals surface area contributed by atoms with Gasteiger partial charge in [-0.05, 0) is 24.6 Å². The van der Waals surface area contributed by atoms with Gasteiger partial charge in [0.15, 0.2) is 0 Å². The number of halogens is 2. The zero-order chi connectivity index (χ0) is 14.5. The molecule has 2 rings (SSSR count). The van der Waals surface area contributed by atoms with Gasteiger partial charge in [-0.15, -0.1) is 0 Å². The van der Waals surface area contributed by atoms with Crippen LogP contribution in [0.5, 0.6) is 17.4 Å². The lowest BCUT2D eigenvalue weighted by Gasteiger charge is -2.10. The second kappa shape index (κ2) is 6.79. The van der Waals surface area contributed by atoms with Crippen LogP contribution in [0, 0.1) is 6.92 Å². The van der Waals surface area contributed by atoms with E-state index in [0.717, 1.165) is 5.56 Å². The van der Waals surface area contributed by atoms with Gasteiger partial charge in [0.05, 0.1) is 16.7 Å². The maximum absolute atomic E-state index is 8.73. The van der Waals surface area contributed by atoms with Gasteiger partial charge in [-0.25, -0.2) is 4.98 Å². The highest BCUT2D eigenvalue weighted by molar-refractivity contribution is 6.42. The number of rotatable bonds is 5. The number of benzene rings is 1. The summed E-state index contributed by atoms with van der Waals surface area (Å²) in [6.07, 6.45) is 1.56. The van der Waals surface area contributed by atoms with E-state index in [-0.39, 0.29) is 13.2 Å². The first-order chi connectivity index (χ1) is 9.60. The quantitative estimate of drug-likeness (QED) is 0.910. The number of aliphatic hydroxyl groups excluding tert-OH is 1. The summed E-state index contributed by atoms with van der Waals surface area (Å²) in [7, 11) is 0. The number of nitrogens with zero attached hydrogens (tertiary/aromatic N) is 1. The maximum Gasteiger partial charge on any atom is 0.222 e. The van der Waals surface area contributed by atoms with Crippen LogP contribution in [0.4, 0.5) is 0 Å². The molecule has 0 bridgehead atoms. The van der Waals surface area contributed by atoms with E-state index in [4.69, 9.17) is 37.8 Å². The minimum Gasteiger partial charge on any atom is -0.491 e. The zero-order valence-corrected chi connectivity index (χ0v) is 12.3. The number of hydrogen-bond donors (Lipinski definition) is 1. The van der Waals surface area contributed by atoms with Crippen LogP contribution < -0.4 is 9.47 Å². The van der Waals surface area contributed by atoms with Gasteiger partial charge in [0.2, 0.25) is 5.88 Å². The Morgan fingerprint density at radius 1 is 1.20 bits per heavy atom. The van der Waals surface area contributed by atoms with Crippen molar-refractivity contribution >= 4 is 23.2 Å². The molecule has 0 atom stereocenters. The first kappa shape index (κ1) is 14.9. The molecule has 0 unspecified atom stereocenters. The fraction of sp³-hybridized carbons (Fsp3) is 0.214. The third kappa shape index (κ3) is 3.76. The van der Waals surface area contributed by atoms with Crippen molar-refractivity contribution < 1.29 is 14.6 Å². The highest BCUT2D eigenvalue weighted by Crippen LogP contribution is 2.33. The summed E-state index contributed by atoms with van der Waals surface area (Å²) in [6.45, 7) is 2.03. The lowest BCUT2D eigenvalue weighted by Crippen LogP contribution is -2.01. The molecule has 20 heavy (non-hydrogen) atoms. The highest BCUT2D eigenvalue weighted by Gasteiger charge is 2.08. The van der Waals surface area contributed by atoms with E-state index in [2.05, 4.69) is 4.98 Å². The number of aryl methyl sites for hydroxylation is 1. The molecule has 1 heterocycles. The van der Waals surface area contributed by atoms with Crippen LogP contribution in [0.2, 0.25) is 10.0 Å². The molecule has 1 aromatic heterocycles. The molecule has 6 heteroatoms. The molecular weight excluding hydrogens is 301 g/mol. The van der Waals surface area contributed by atoms with E-state index in [1.165, 1.54) is 0 Å². The van der Waals surface area contributed by atoms with E-state index in [1.54, 1.807) is 30.5 Å². The van der Waals surface area contributed by atoms with Crippen molar-refractivity contribution in [2.75, 3.05) is 13.2 Å². The van der Waals surface area contributed by atoms with Gasteiger partial charge in [0.25, 0.3) is 0 Å². The second-order valence-corrected chi connectivity index (χ2v) is 4.85. The summed E-state index contributed by atoms with van der Waals surface area (Å²) in [5.74, 6) is 1.52. The van der Waals surface area contributed by atoms with Crippen LogP contribution in [-0.2, 0) is 0 Å². The minimum absolute atomic E-state index is 0.0512. The first-order valence-electron chi connectivity index (χ1n) is 5.93. The van der Waals surface area contributed by atoms with E-state index < -0.39 is 0 Å². The Bertz CT molecular complexity index is 605. The summed E-state index contributed by atoms with van der Waals surface area (Å²) in [5, 5.41) is 9.62. The first-order valence-corrected chi connectivity index (χ1v) is 6.69. The molecule has 0 amide bonds. The SMILES string of the molecule is Cc1cc(Cl)c(Cl)cc1Oc1cc(OCCO)ccn1. The molecule has 0 aliphatic rings. The zero-order valence-electron chi connectivity index (χ0n) is 10.8. The van der Waals surface area contributed by atoms with Crippen molar-refractivity contribution in [3.63, 3.8) is 0 Å². The Hall–Kier alpha value is -1.49. The Balaban J connectivity index is 2.19. The van der Waals surface area contributed by atoms with Crippen molar-refractivity contribution in [1.29, 1.82) is 0 Å². The van der Waals surface area contributed by atoms with Gasteiger partial charge in [0, 0.05) is 18.3 Å². The number of hydrogen-bond acceptors (Lipinski definition) is 4. The molecule has 4 nitrogen and oxygen atoms in total. The lowest BCUT2D eigenvalue weighted by molar-refractivity contribution is 0.201. The lowest BCUT2D eigenvalue weighted by atomic mass is 10.2. The third-order valence-corrected chi connectivity index (χ3v) is 3.22. The van der Waals surface area contributed by atoms with Crippen molar-refractivity contribution in [3.8, 4) is 17.4 Å². The molecule has 2 aromatic rings. The normalized spacial score (nSPS) is 10.4. The number of aliphatic hydroxyl groups is 1. The summed E-state index contributed by atoms with van der Waals surface area (Å²) >= 11 is 11.9. The molecule has 0 aliphatic heterocycles. The largest absolute Gasteiger partial charge is 0.491 e. The Morgan fingerprint density at radius 2 is 1.95 bits per heavy atom. The Kier molecular flexibility index (Phi) is 5.06. The van der Waals surface area contributed by atoms with E-state index in [0.29, 0.717) is 27.4 Å². The highest BCUT2D eigenvalue weighted by atomic mass is 35.5. The van der Waals surface area contributed by atoms with E-state index in [1.807, 2.05) is 6.92 Å². The smallest absolute Gasteiger partial charge is 0.222 e. The monoisotopic (exact) mass is 313 g/mol. The molecule has 0 spiro atoms. The minimum atomic E-state index is -0.0512. The summed E-state index contributed by atoms with van der Waals surface area (Å²) < 4.78 is 11.0. The average Bonchev–Trinajstić information content (AvgIpc) is 2.43. The molecule has 0 radical (unpaired) electrons. The Labute approximate surface area is 126 Å². The molecule has 1 aromatic carbocycles. The Morgan fingerprint density at radius 3 is 2.70 bits per heavy atom. The van der Waals surface area contributed by atoms with Crippen molar-refractivity contribution in [1.82, 2.24) is 4.98 Å². The van der Waals surface area contributed by atoms with Crippen molar-refractivity contribution in [2.45, 2.75) is 6.92 Å². The molecule has 0 saturated heterocycles. The van der Waals surface area contributed by atoms with Gasteiger partial charge in [-0.1, -0.05) is 23.2 Å². The molecule has 0 aliphatic carbocycles. The summed E-state index contributed by atoms with van der Waals surface area (Å²) in [6, 6.07) is 6.69. The standard InChI is InChI=1S/C14H13Cl2NO3/c1-9-6-11(15)12(16)8-13(9)20-14-7-10(2-3-17-14)19-5-4-18/h2-3,6-8,18H,4-5H2,1H3. The van der Waals surface area contributed by atoms with Crippen LogP contribution >= 0.6 is 23.2 Å². The van der Waals surface area contributed by atoms with Crippen LogP contribution in [0.15, 0.2) is 30.5 Å². The van der Waals surface area contributed by atoms with Gasteiger partial charge < -0.3 is 14.6 Å². The summed E-state index contributed by atoms with van der Waals surface area (Å²) in [4.78, 5) is 4.10. The van der Waals surface area contributed by atoms with Gasteiger partial charge in [0.1, 0.15) is 18.1 Å². The fourth-order valence-corrected chi connectivity index (χ4v) is 1.92. The topological polar surface area (TPSA) is 51.6 Å². The second-order valence-electron chi connectivity index (χ2n) is 4.04. The van der Waals surface area contributed by atoms with Crippen LogP contribution in [0.25, 0.3) is 0 Å². The van der Waals surface area contributed by atoms with Crippen LogP contribution in [0.1, 0.15) is 5.56 Å². The predicted molar refractivity (Wildman–Crippen MR) is 78.1 cm³/mol. The molecule has 0 fully saturated rings. The molecular formula is C14H13Cl2NO3. The fourth-order valence-electron chi connectivity index (χ4n) is 1.55. The number of ether oxygens (including phenoxy) is 2. The van der Waals surface area contributed by atoms with Crippen molar-refractivity contribution in [3.05, 3.63) is 46.1 Å². The van der Waals surface area contributed by atoms with Gasteiger partial charge >= 0.3 is 0 Å². The molecule has 0 saturated carbocycles. The van der Waals surface area contributed by atoms with E-state index in [9.17, 15) is 0 Å². The van der Waals surface area contributed by atoms with Crippen LogP contribution in [0.3, 0.4) is 0 Å². The molecule has 1 N–H and O–H groups in total. The molecule has 106 valence electrons. The number of aromatic nitrogens is 1. The van der Waals surface area contributed by atoms with Gasteiger partial charge in [-0.3, -0.25) is 0 Å². The maximum atomic E-state index is 8.73. The average molecular weight is 314 g/mol. The predicted octanol–water partition coefficient (Wildman–Crippen LogP) is 3.86. The van der Waals surface area contributed by atoms with E-state index >= 15 is 0 Å².